The third-order valence-electron chi connectivity index (χ3n) is 13.8. The minimum absolute atomic E-state index is 0.0765. The number of para-hydroxylation sites is 3. The fourth-order valence-corrected chi connectivity index (χ4v) is 10.5. The number of allylic oxidation sites excluding steroid dienone is 6. The van der Waals surface area contributed by atoms with Crippen molar-refractivity contribution in [1.82, 2.24) is 9.13 Å². The molecule has 68 heavy (non-hydrogen) atoms. The highest BCUT2D eigenvalue weighted by Crippen LogP contribution is 2.43. The molecule has 0 radical (unpaired) electrons. The standard InChI is InChI=1S/C62H48F2N4/c1-41-16-25-51(26-17-41)68-60-15-9-7-12-54(60)56-39-52(33-36-62(56)68)65(49-31-22-45(63)23-32-49)48-27-18-43(19-28-48)44-20-29-50(30-21-44)66(58-35-24-46(64)38-42(58)2)53-34-37-61-57(40-53)55-13-6-8-14-59(55)67(61)47-10-4-3-5-11-47/h3-16,18-42,58H,17H2,1-2H3. The lowest BCUT2D eigenvalue weighted by atomic mass is 9.93. The van der Waals surface area contributed by atoms with Gasteiger partial charge in [-0.2, -0.15) is 0 Å². The van der Waals surface area contributed by atoms with Crippen molar-refractivity contribution in [2.24, 2.45) is 11.8 Å². The quantitative estimate of drug-likeness (QED) is 0.144. The molecular weight excluding hydrogens is 839 g/mol. The second-order valence-corrected chi connectivity index (χ2v) is 18.2. The average molecular weight is 887 g/mol. The Labute approximate surface area is 394 Å². The minimum Gasteiger partial charge on any atom is -0.334 e. The summed E-state index contributed by atoms with van der Waals surface area (Å²) in [5.74, 6) is -0.0419. The van der Waals surface area contributed by atoms with Gasteiger partial charge in [0.1, 0.15) is 11.6 Å². The monoisotopic (exact) mass is 886 g/mol. The lowest BCUT2D eigenvalue weighted by Gasteiger charge is -2.36. The predicted molar refractivity (Wildman–Crippen MR) is 281 cm³/mol. The number of nitrogens with zero attached hydrogens (tertiary/aromatic N) is 4. The van der Waals surface area contributed by atoms with Crippen LogP contribution in [0.4, 0.5) is 37.2 Å². The van der Waals surface area contributed by atoms with Crippen molar-refractivity contribution in [3.05, 3.63) is 236 Å². The van der Waals surface area contributed by atoms with Crippen molar-refractivity contribution in [3.8, 4) is 16.8 Å². The number of halogens is 2. The van der Waals surface area contributed by atoms with Gasteiger partial charge in [0.05, 0.1) is 28.1 Å². The largest absolute Gasteiger partial charge is 0.334 e. The maximum Gasteiger partial charge on any atom is 0.123 e. The van der Waals surface area contributed by atoms with Gasteiger partial charge in [-0.15, -0.1) is 0 Å². The summed E-state index contributed by atoms with van der Waals surface area (Å²) >= 11 is 0. The van der Waals surface area contributed by atoms with Crippen molar-refractivity contribution in [2.75, 3.05) is 9.80 Å². The zero-order chi connectivity index (χ0) is 45.9. The molecule has 0 aliphatic heterocycles. The van der Waals surface area contributed by atoms with Crippen LogP contribution in [0, 0.1) is 17.7 Å². The molecule has 2 heterocycles. The van der Waals surface area contributed by atoms with Crippen LogP contribution >= 0.6 is 0 Å². The van der Waals surface area contributed by atoms with Gasteiger partial charge in [0, 0.05) is 67.3 Å². The normalized spacial score (nSPS) is 17.0. The molecular formula is C62H48F2N4. The molecule has 330 valence electrons. The second-order valence-electron chi connectivity index (χ2n) is 18.2. The lowest BCUT2D eigenvalue weighted by molar-refractivity contribution is 0.563. The lowest BCUT2D eigenvalue weighted by Crippen LogP contribution is -2.35. The van der Waals surface area contributed by atoms with Crippen LogP contribution in [0.2, 0.25) is 0 Å². The van der Waals surface area contributed by atoms with Gasteiger partial charge in [0.15, 0.2) is 0 Å². The van der Waals surface area contributed by atoms with E-state index in [1.54, 1.807) is 12.2 Å². The molecule has 6 heteroatoms. The zero-order valence-corrected chi connectivity index (χ0v) is 37.8. The fraction of sp³-hybridized carbons (Fsp3) is 0.0968. The van der Waals surface area contributed by atoms with Gasteiger partial charge in [-0.1, -0.05) is 111 Å². The summed E-state index contributed by atoms with van der Waals surface area (Å²) in [7, 11) is 0. The molecule has 2 aromatic heterocycles. The molecule has 2 aliphatic carbocycles. The summed E-state index contributed by atoms with van der Waals surface area (Å²) in [5, 5.41) is 4.67. The van der Waals surface area contributed by atoms with Crippen molar-refractivity contribution in [1.29, 1.82) is 0 Å². The molecule has 0 saturated heterocycles. The maximum atomic E-state index is 14.7. The van der Waals surface area contributed by atoms with Gasteiger partial charge >= 0.3 is 0 Å². The Morgan fingerprint density at radius 2 is 1.00 bits per heavy atom. The number of hydrogen-bond donors (Lipinski definition) is 0. The van der Waals surface area contributed by atoms with Gasteiger partial charge in [0.2, 0.25) is 0 Å². The van der Waals surface area contributed by atoms with E-state index < -0.39 is 0 Å². The molecule has 3 atom stereocenters. The van der Waals surface area contributed by atoms with E-state index in [0.29, 0.717) is 5.92 Å². The van der Waals surface area contributed by atoms with E-state index in [0.717, 1.165) is 79.0 Å². The Balaban J connectivity index is 0.905. The molecule has 12 rings (SSSR count). The molecule has 10 aromatic rings. The van der Waals surface area contributed by atoms with E-state index in [1.807, 2.05) is 24.3 Å². The van der Waals surface area contributed by atoms with Crippen molar-refractivity contribution >= 4 is 77.7 Å². The third kappa shape index (κ3) is 7.21. The van der Waals surface area contributed by atoms with Crippen LogP contribution in [-0.2, 0) is 0 Å². The van der Waals surface area contributed by atoms with Gasteiger partial charge in [0.25, 0.3) is 0 Å². The molecule has 0 spiro atoms. The first-order chi connectivity index (χ1) is 33.4. The second kappa shape index (κ2) is 16.9. The average Bonchev–Trinajstić information content (AvgIpc) is 3.89. The third-order valence-corrected chi connectivity index (χ3v) is 13.8. The van der Waals surface area contributed by atoms with Crippen LogP contribution in [0.25, 0.3) is 66.1 Å². The topological polar surface area (TPSA) is 16.3 Å². The van der Waals surface area contributed by atoms with Gasteiger partial charge in [-0.25, -0.2) is 8.78 Å². The summed E-state index contributed by atoms with van der Waals surface area (Å²) < 4.78 is 33.8. The summed E-state index contributed by atoms with van der Waals surface area (Å²) in [4.78, 5) is 4.53. The van der Waals surface area contributed by atoms with Crippen LogP contribution in [0.15, 0.2) is 230 Å². The predicted octanol–water partition coefficient (Wildman–Crippen LogP) is 17.2. The highest BCUT2D eigenvalue weighted by atomic mass is 19.1. The number of rotatable bonds is 9. The van der Waals surface area contributed by atoms with Gasteiger partial charge in [-0.3, -0.25) is 0 Å². The smallest absolute Gasteiger partial charge is 0.123 e. The minimum atomic E-state index is -0.276. The highest BCUT2D eigenvalue weighted by molar-refractivity contribution is 6.12. The molecule has 0 amide bonds. The van der Waals surface area contributed by atoms with Gasteiger partial charge in [-0.05, 0) is 151 Å². The number of benzene rings is 8. The summed E-state index contributed by atoms with van der Waals surface area (Å²) in [6.45, 7) is 4.33. The Kier molecular flexibility index (Phi) is 10.2. The molecule has 8 aromatic carbocycles. The fourth-order valence-electron chi connectivity index (χ4n) is 10.5. The molecule has 3 unspecified atom stereocenters. The van der Waals surface area contributed by atoms with E-state index >= 15 is 0 Å². The van der Waals surface area contributed by atoms with Crippen LogP contribution < -0.4 is 9.80 Å². The Morgan fingerprint density at radius 1 is 0.471 bits per heavy atom. The zero-order valence-electron chi connectivity index (χ0n) is 37.8. The molecule has 4 nitrogen and oxygen atoms in total. The summed E-state index contributed by atoms with van der Waals surface area (Å²) in [5.41, 5.74) is 13.9. The first-order valence-corrected chi connectivity index (χ1v) is 23.5. The van der Waals surface area contributed by atoms with E-state index in [9.17, 15) is 8.78 Å². The van der Waals surface area contributed by atoms with Crippen LogP contribution in [0.1, 0.15) is 20.3 Å². The number of fused-ring (bicyclic) bond motifs is 6. The summed E-state index contributed by atoms with van der Waals surface area (Å²) in [6.07, 6.45) is 13.2. The van der Waals surface area contributed by atoms with Crippen molar-refractivity contribution in [2.45, 2.75) is 26.3 Å². The number of anilines is 5. The van der Waals surface area contributed by atoms with E-state index in [2.05, 4.69) is 209 Å². The van der Waals surface area contributed by atoms with Crippen LogP contribution in [-0.4, -0.2) is 15.2 Å². The Morgan fingerprint density at radius 3 is 1.63 bits per heavy atom. The van der Waals surface area contributed by atoms with Crippen molar-refractivity contribution < 1.29 is 8.78 Å². The molecule has 0 bridgehead atoms. The number of hydrogen-bond acceptors (Lipinski definition) is 2. The van der Waals surface area contributed by atoms with E-state index in [1.165, 1.54) is 34.1 Å². The maximum absolute atomic E-state index is 14.7. The molecule has 2 aliphatic rings. The highest BCUT2D eigenvalue weighted by Gasteiger charge is 2.27. The SMILES string of the molecule is CC1C=CC(n2c3ccccc3c3cc(N(c4ccc(F)cc4)c4ccc(-c5ccc(N(c6ccc7c(c6)c6ccccc6n7-c6ccccc6)C6C=CC(F)=CC6C)cc5)cc4)ccc32)=CC1. The molecule has 0 fully saturated rings. The molecule has 0 saturated carbocycles. The van der Waals surface area contributed by atoms with Crippen LogP contribution in [0.5, 0.6) is 0 Å². The van der Waals surface area contributed by atoms with E-state index in [4.69, 9.17) is 0 Å². The Bertz CT molecular complexity index is 3650. The first kappa shape index (κ1) is 41.2. The summed E-state index contributed by atoms with van der Waals surface area (Å²) in [6, 6.07) is 64.9. The van der Waals surface area contributed by atoms with Crippen LogP contribution in [0.3, 0.4) is 0 Å². The van der Waals surface area contributed by atoms with E-state index in [-0.39, 0.29) is 23.6 Å². The number of aromatic nitrogens is 2. The first-order valence-electron chi connectivity index (χ1n) is 23.5. The Hall–Kier alpha value is -8.22. The molecule has 0 N–H and O–H groups in total. The van der Waals surface area contributed by atoms with Crippen molar-refractivity contribution in [3.63, 3.8) is 0 Å². The van der Waals surface area contributed by atoms with Gasteiger partial charge < -0.3 is 18.9 Å².